The third-order valence-corrected chi connectivity index (χ3v) is 4.52. The fourth-order valence-corrected chi connectivity index (χ4v) is 2.78. The lowest BCUT2D eigenvalue weighted by atomic mass is 10.1. The fourth-order valence-electron chi connectivity index (χ4n) is 2.26. The van der Waals surface area contributed by atoms with E-state index in [1.165, 1.54) is 24.3 Å². The van der Waals surface area contributed by atoms with Crippen molar-refractivity contribution < 1.29 is 22.7 Å². The van der Waals surface area contributed by atoms with Gasteiger partial charge in [-0.1, -0.05) is 6.07 Å². The summed E-state index contributed by atoms with van der Waals surface area (Å²) in [5.74, 6) is 1.27. The maximum atomic E-state index is 11.9. The highest BCUT2D eigenvalue weighted by Gasteiger charge is 2.08. The van der Waals surface area contributed by atoms with Crippen molar-refractivity contribution in [3.63, 3.8) is 0 Å². The minimum Gasteiger partial charge on any atom is -0.493 e. The number of ether oxygens (including phenoxy) is 2. The topological polar surface area (TPSA) is 120 Å². The normalized spacial score (nSPS) is 10.9. The highest BCUT2D eigenvalue weighted by Crippen LogP contribution is 2.27. The second kappa shape index (κ2) is 8.54. The maximum Gasteiger partial charge on any atom is 0.319 e. The van der Waals surface area contributed by atoms with Crippen LogP contribution in [0.1, 0.15) is 5.56 Å². The first-order valence-electron chi connectivity index (χ1n) is 7.72. The zero-order valence-corrected chi connectivity index (χ0v) is 15.3. The number of urea groups is 1. The van der Waals surface area contributed by atoms with Gasteiger partial charge in [-0.3, -0.25) is 0 Å². The lowest BCUT2D eigenvalue weighted by Gasteiger charge is -2.11. The molecule has 0 saturated heterocycles. The first kappa shape index (κ1) is 19.5. The molecule has 0 aromatic heterocycles. The second-order valence-electron chi connectivity index (χ2n) is 5.39. The molecule has 0 radical (unpaired) electrons. The molecular formula is C17H21N3O5S. The fraction of sp³-hybridized carbons (Fsp3) is 0.235. The van der Waals surface area contributed by atoms with Gasteiger partial charge in [0.05, 0.1) is 19.1 Å². The van der Waals surface area contributed by atoms with Gasteiger partial charge in [-0.25, -0.2) is 18.4 Å². The summed E-state index contributed by atoms with van der Waals surface area (Å²) >= 11 is 0. The van der Waals surface area contributed by atoms with Gasteiger partial charge in [0.2, 0.25) is 10.0 Å². The predicted octanol–water partition coefficient (Wildman–Crippen LogP) is 1.72. The molecule has 8 nitrogen and oxygen atoms in total. The number of nitrogens with two attached hydrogens (primary N) is 1. The van der Waals surface area contributed by atoms with Crippen molar-refractivity contribution in [3.05, 3.63) is 48.0 Å². The van der Waals surface area contributed by atoms with Crippen LogP contribution in [0.15, 0.2) is 47.4 Å². The van der Waals surface area contributed by atoms with Gasteiger partial charge < -0.3 is 20.1 Å². The van der Waals surface area contributed by atoms with E-state index in [-0.39, 0.29) is 4.90 Å². The third kappa shape index (κ3) is 5.36. The van der Waals surface area contributed by atoms with Crippen LogP contribution in [-0.4, -0.2) is 35.2 Å². The lowest BCUT2D eigenvalue weighted by molar-refractivity contribution is 0.252. The van der Waals surface area contributed by atoms with E-state index in [1.807, 2.05) is 12.1 Å². The molecule has 0 unspecified atom stereocenters. The van der Waals surface area contributed by atoms with Gasteiger partial charge in [0.15, 0.2) is 11.5 Å². The Morgan fingerprint density at radius 2 is 1.69 bits per heavy atom. The van der Waals surface area contributed by atoms with Crippen molar-refractivity contribution in [2.75, 3.05) is 26.1 Å². The van der Waals surface area contributed by atoms with Gasteiger partial charge in [-0.15, -0.1) is 0 Å². The van der Waals surface area contributed by atoms with Crippen LogP contribution in [0, 0.1) is 0 Å². The van der Waals surface area contributed by atoms with E-state index in [0.717, 1.165) is 5.56 Å². The highest BCUT2D eigenvalue weighted by atomic mass is 32.2. The molecule has 26 heavy (non-hydrogen) atoms. The number of carbonyl (C=O) groups is 1. The summed E-state index contributed by atoms with van der Waals surface area (Å²) in [5.41, 5.74) is 1.45. The quantitative estimate of drug-likeness (QED) is 0.676. The van der Waals surface area contributed by atoms with Gasteiger partial charge in [0.25, 0.3) is 0 Å². The Balaban J connectivity index is 1.85. The number of sulfonamides is 1. The summed E-state index contributed by atoms with van der Waals surface area (Å²) in [4.78, 5) is 11.9. The molecule has 0 fully saturated rings. The van der Waals surface area contributed by atoms with Crippen LogP contribution in [0.25, 0.3) is 0 Å². The van der Waals surface area contributed by atoms with Gasteiger partial charge in [0.1, 0.15) is 0 Å². The Morgan fingerprint density at radius 3 is 2.27 bits per heavy atom. The summed E-state index contributed by atoms with van der Waals surface area (Å²) in [5, 5.41) is 10.4. The molecule has 0 spiro atoms. The Morgan fingerprint density at radius 1 is 1.04 bits per heavy atom. The zero-order chi connectivity index (χ0) is 19.2. The first-order valence-corrected chi connectivity index (χ1v) is 9.26. The van der Waals surface area contributed by atoms with Crippen molar-refractivity contribution >= 4 is 21.7 Å². The largest absolute Gasteiger partial charge is 0.493 e. The summed E-state index contributed by atoms with van der Waals surface area (Å²) in [7, 11) is -0.619. The predicted molar refractivity (Wildman–Crippen MR) is 98.1 cm³/mol. The Bertz CT molecular complexity index is 866. The molecule has 0 bridgehead atoms. The SMILES string of the molecule is COc1ccc(CCNC(=O)Nc2ccc(S(N)(=O)=O)cc2)cc1OC. The van der Waals surface area contributed by atoms with Crippen molar-refractivity contribution in [1.29, 1.82) is 0 Å². The van der Waals surface area contributed by atoms with Crippen LogP contribution >= 0.6 is 0 Å². The van der Waals surface area contributed by atoms with Crippen LogP contribution in [-0.2, 0) is 16.4 Å². The summed E-state index contributed by atoms with van der Waals surface area (Å²) < 4.78 is 32.8. The lowest BCUT2D eigenvalue weighted by Crippen LogP contribution is -2.30. The minimum atomic E-state index is -3.75. The summed E-state index contributed by atoms with van der Waals surface area (Å²) in [6.45, 7) is 0.413. The number of primary sulfonamides is 1. The number of benzene rings is 2. The van der Waals surface area contributed by atoms with E-state index >= 15 is 0 Å². The van der Waals surface area contributed by atoms with Crippen LogP contribution < -0.4 is 25.2 Å². The minimum absolute atomic E-state index is 0.0167. The van der Waals surface area contributed by atoms with Crippen LogP contribution in [0.2, 0.25) is 0 Å². The second-order valence-corrected chi connectivity index (χ2v) is 6.95. The number of hydrogen-bond donors (Lipinski definition) is 3. The Labute approximate surface area is 152 Å². The van der Waals surface area contributed by atoms with E-state index in [1.54, 1.807) is 20.3 Å². The van der Waals surface area contributed by atoms with E-state index < -0.39 is 16.1 Å². The van der Waals surface area contributed by atoms with E-state index in [9.17, 15) is 13.2 Å². The van der Waals surface area contributed by atoms with E-state index in [2.05, 4.69) is 10.6 Å². The summed E-state index contributed by atoms with van der Waals surface area (Å²) in [6.07, 6.45) is 0.609. The number of methoxy groups -OCH3 is 2. The molecule has 2 rings (SSSR count). The molecule has 0 atom stereocenters. The Kier molecular flexibility index (Phi) is 6.42. The molecule has 9 heteroatoms. The highest BCUT2D eigenvalue weighted by molar-refractivity contribution is 7.89. The number of hydrogen-bond acceptors (Lipinski definition) is 5. The molecule has 2 aromatic rings. The van der Waals surface area contributed by atoms with Crippen molar-refractivity contribution in [3.8, 4) is 11.5 Å². The average molecular weight is 379 g/mol. The number of rotatable bonds is 7. The number of anilines is 1. The van der Waals surface area contributed by atoms with Crippen LogP contribution in [0.4, 0.5) is 10.5 Å². The van der Waals surface area contributed by atoms with Crippen LogP contribution in [0.5, 0.6) is 11.5 Å². The van der Waals surface area contributed by atoms with Crippen LogP contribution in [0.3, 0.4) is 0 Å². The number of amides is 2. The number of carbonyl (C=O) groups excluding carboxylic acids is 1. The molecule has 0 saturated carbocycles. The molecule has 2 amide bonds. The average Bonchev–Trinajstić information content (AvgIpc) is 2.61. The third-order valence-electron chi connectivity index (χ3n) is 3.59. The van der Waals surface area contributed by atoms with Gasteiger partial charge in [0, 0.05) is 12.2 Å². The molecular weight excluding hydrogens is 358 g/mol. The molecule has 0 aliphatic heterocycles. The summed E-state index contributed by atoms with van der Waals surface area (Å²) in [6, 6.07) is 10.7. The zero-order valence-electron chi connectivity index (χ0n) is 14.5. The monoisotopic (exact) mass is 379 g/mol. The number of nitrogens with one attached hydrogen (secondary N) is 2. The van der Waals surface area contributed by atoms with Crippen molar-refractivity contribution in [2.45, 2.75) is 11.3 Å². The van der Waals surface area contributed by atoms with Gasteiger partial charge in [-0.05, 0) is 48.4 Å². The van der Waals surface area contributed by atoms with E-state index in [0.29, 0.717) is 30.2 Å². The molecule has 0 aliphatic rings. The van der Waals surface area contributed by atoms with Gasteiger partial charge in [-0.2, -0.15) is 0 Å². The standard InChI is InChI=1S/C17H21N3O5S/c1-24-15-8-3-12(11-16(15)25-2)9-10-19-17(21)20-13-4-6-14(7-5-13)26(18,22)23/h3-8,11H,9-10H2,1-2H3,(H2,18,22,23)(H2,19,20,21). The molecule has 4 N–H and O–H groups in total. The molecule has 0 aliphatic carbocycles. The van der Waals surface area contributed by atoms with Crippen molar-refractivity contribution in [1.82, 2.24) is 5.32 Å². The first-order chi connectivity index (χ1) is 12.3. The van der Waals surface area contributed by atoms with Gasteiger partial charge >= 0.3 is 6.03 Å². The molecule has 0 heterocycles. The molecule has 2 aromatic carbocycles. The smallest absolute Gasteiger partial charge is 0.319 e. The van der Waals surface area contributed by atoms with Crippen molar-refractivity contribution in [2.24, 2.45) is 5.14 Å². The molecule has 140 valence electrons. The Hall–Kier alpha value is -2.78. The van der Waals surface area contributed by atoms with E-state index in [4.69, 9.17) is 14.6 Å². The maximum absolute atomic E-state index is 11.9.